The van der Waals surface area contributed by atoms with Crippen molar-refractivity contribution in [3.05, 3.63) is 82.9 Å². The first-order valence-corrected chi connectivity index (χ1v) is 7.60. The third-order valence-corrected chi connectivity index (χ3v) is 3.60. The quantitative estimate of drug-likeness (QED) is 0.804. The number of aromatic nitrogens is 2. The molecule has 0 atom stereocenters. The van der Waals surface area contributed by atoms with Crippen LogP contribution >= 0.6 is 0 Å². The highest BCUT2D eigenvalue weighted by Gasteiger charge is 2.07. The van der Waals surface area contributed by atoms with Crippen LogP contribution in [0, 0.1) is 6.92 Å². The highest BCUT2D eigenvalue weighted by atomic mass is 16.2. The van der Waals surface area contributed by atoms with Gasteiger partial charge in [0.15, 0.2) is 0 Å². The molecule has 1 heterocycles. The summed E-state index contributed by atoms with van der Waals surface area (Å²) in [6.07, 6.45) is 1.40. The van der Waals surface area contributed by atoms with E-state index in [0.717, 1.165) is 11.1 Å². The van der Waals surface area contributed by atoms with Gasteiger partial charge in [-0.3, -0.25) is 14.2 Å². The number of nitrogens with zero attached hydrogens (tertiary/aromatic N) is 2. The molecule has 0 aliphatic rings. The molecule has 0 fully saturated rings. The van der Waals surface area contributed by atoms with Gasteiger partial charge in [-0.05, 0) is 19.1 Å². The van der Waals surface area contributed by atoms with Crippen molar-refractivity contribution in [2.45, 2.75) is 13.5 Å². The molecule has 0 spiro atoms. The first-order valence-electron chi connectivity index (χ1n) is 7.60. The predicted octanol–water partition coefficient (Wildman–Crippen LogP) is 2.86. The molecule has 2 aromatic carbocycles. The molecule has 5 heteroatoms. The lowest BCUT2D eigenvalue weighted by Gasteiger charge is -2.08. The number of amides is 1. The smallest absolute Gasteiger partial charge is 0.254 e. The Morgan fingerprint density at radius 2 is 1.79 bits per heavy atom. The molecule has 3 aromatic rings. The van der Waals surface area contributed by atoms with Gasteiger partial charge in [0.05, 0.1) is 12.0 Å². The van der Waals surface area contributed by atoms with E-state index in [4.69, 9.17) is 0 Å². The number of aryl methyl sites for hydroxylation is 1. The summed E-state index contributed by atoms with van der Waals surface area (Å²) in [5.74, 6) is -0.268. The molecule has 24 heavy (non-hydrogen) atoms. The van der Waals surface area contributed by atoms with E-state index in [1.165, 1.54) is 17.0 Å². The molecule has 3 rings (SSSR count). The maximum absolute atomic E-state index is 12.2. The maximum Gasteiger partial charge on any atom is 0.254 e. The molecule has 0 aliphatic carbocycles. The number of carbonyl (C=O) groups is 1. The summed E-state index contributed by atoms with van der Waals surface area (Å²) in [7, 11) is 0. The van der Waals surface area contributed by atoms with Crippen molar-refractivity contribution in [2.24, 2.45) is 0 Å². The number of benzene rings is 2. The van der Waals surface area contributed by atoms with Gasteiger partial charge in [0, 0.05) is 17.3 Å². The van der Waals surface area contributed by atoms with E-state index in [1.54, 1.807) is 0 Å². The molecule has 120 valence electrons. The molecule has 1 aromatic heterocycles. The van der Waals surface area contributed by atoms with Crippen LogP contribution in [0.25, 0.3) is 11.3 Å². The molecule has 0 saturated carbocycles. The van der Waals surface area contributed by atoms with Gasteiger partial charge in [-0.2, -0.15) is 0 Å². The Hall–Kier alpha value is -3.21. The average molecular weight is 319 g/mol. The maximum atomic E-state index is 12.2. The second-order valence-electron chi connectivity index (χ2n) is 5.52. The van der Waals surface area contributed by atoms with Crippen molar-refractivity contribution in [1.82, 2.24) is 9.55 Å². The minimum absolute atomic E-state index is 0.0746. The van der Waals surface area contributed by atoms with Gasteiger partial charge >= 0.3 is 0 Å². The molecule has 1 N–H and O–H groups in total. The van der Waals surface area contributed by atoms with Crippen LogP contribution in [-0.4, -0.2) is 15.5 Å². The molecular formula is C19H17N3O2. The van der Waals surface area contributed by atoms with Crippen LogP contribution in [0.1, 0.15) is 5.56 Å². The molecule has 0 aliphatic heterocycles. The van der Waals surface area contributed by atoms with Crippen molar-refractivity contribution in [2.75, 3.05) is 5.32 Å². The van der Waals surface area contributed by atoms with Gasteiger partial charge in [0.2, 0.25) is 5.91 Å². The third kappa shape index (κ3) is 3.76. The number of carbonyl (C=O) groups excluding carboxylic acids is 1. The topological polar surface area (TPSA) is 64.0 Å². The van der Waals surface area contributed by atoms with Gasteiger partial charge in [-0.15, -0.1) is 0 Å². The fourth-order valence-corrected chi connectivity index (χ4v) is 2.30. The second-order valence-corrected chi connectivity index (χ2v) is 5.52. The third-order valence-electron chi connectivity index (χ3n) is 3.60. The van der Waals surface area contributed by atoms with Crippen molar-refractivity contribution < 1.29 is 4.79 Å². The Bertz CT molecular complexity index is 900. The Morgan fingerprint density at radius 1 is 1.08 bits per heavy atom. The Kier molecular flexibility index (Phi) is 4.52. The fraction of sp³-hybridized carbons (Fsp3) is 0.105. The fourth-order valence-electron chi connectivity index (χ4n) is 2.30. The summed E-state index contributed by atoms with van der Waals surface area (Å²) in [6.45, 7) is 1.90. The standard InChI is InChI=1S/C19H17N3O2/c1-14-7-9-16(10-8-14)21-18(23)12-22-13-20-17(11-19(22)24)15-5-3-2-4-6-15/h2-11,13H,12H2,1H3,(H,21,23). The van der Waals surface area contributed by atoms with Crippen LogP contribution in [0.5, 0.6) is 0 Å². The van der Waals surface area contributed by atoms with Crippen molar-refractivity contribution in [1.29, 1.82) is 0 Å². The Labute approximate surface area is 139 Å². The lowest BCUT2D eigenvalue weighted by molar-refractivity contribution is -0.116. The van der Waals surface area contributed by atoms with Crippen LogP contribution in [-0.2, 0) is 11.3 Å². The zero-order valence-corrected chi connectivity index (χ0v) is 13.3. The number of hydrogen-bond donors (Lipinski definition) is 1. The van der Waals surface area contributed by atoms with E-state index in [-0.39, 0.29) is 18.0 Å². The zero-order chi connectivity index (χ0) is 16.9. The van der Waals surface area contributed by atoms with Gasteiger partial charge in [0.1, 0.15) is 6.54 Å². The number of hydrogen-bond acceptors (Lipinski definition) is 3. The van der Waals surface area contributed by atoms with Crippen LogP contribution in [0.3, 0.4) is 0 Å². The van der Waals surface area contributed by atoms with Gasteiger partial charge in [-0.1, -0.05) is 48.0 Å². The minimum Gasteiger partial charge on any atom is -0.325 e. The van der Waals surface area contributed by atoms with Crippen molar-refractivity contribution in [3.8, 4) is 11.3 Å². The van der Waals surface area contributed by atoms with Crippen LogP contribution in [0.15, 0.2) is 71.8 Å². The normalized spacial score (nSPS) is 10.4. The Balaban J connectivity index is 1.72. The minimum atomic E-state index is -0.268. The van der Waals surface area contributed by atoms with Gasteiger partial charge in [-0.25, -0.2) is 4.98 Å². The molecule has 0 radical (unpaired) electrons. The summed E-state index contributed by atoms with van der Waals surface area (Å²) in [6, 6.07) is 18.4. The lowest BCUT2D eigenvalue weighted by Crippen LogP contribution is -2.27. The monoisotopic (exact) mass is 319 g/mol. The highest BCUT2D eigenvalue weighted by Crippen LogP contribution is 2.13. The van der Waals surface area contributed by atoms with E-state index in [0.29, 0.717) is 11.4 Å². The molecule has 0 unspecified atom stereocenters. The second kappa shape index (κ2) is 6.91. The SMILES string of the molecule is Cc1ccc(NC(=O)Cn2cnc(-c3ccccc3)cc2=O)cc1. The number of nitrogens with one attached hydrogen (secondary N) is 1. The van der Waals surface area contributed by atoms with E-state index in [9.17, 15) is 9.59 Å². The number of anilines is 1. The summed E-state index contributed by atoms with van der Waals surface area (Å²) in [4.78, 5) is 28.5. The van der Waals surface area contributed by atoms with Crippen molar-refractivity contribution >= 4 is 11.6 Å². The summed E-state index contributed by atoms with van der Waals surface area (Å²) >= 11 is 0. The highest BCUT2D eigenvalue weighted by molar-refractivity contribution is 5.90. The van der Waals surface area contributed by atoms with Gasteiger partial charge in [0.25, 0.3) is 5.56 Å². The summed E-state index contributed by atoms with van der Waals surface area (Å²) in [5, 5.41) is 2.76. The van der Waals surface area contributed by atoms with E-state index >= 15 is 0 Å². The summed E-state index contributed by atoms with van der Waals surface area (Å²) in [5.41, 5.74) is 3.02. The largest absolute Gasteiger partial charge is 0.325 e. The van der Waals surface area contributed by atoms with E-state index in [1.807, 2.05) is 61.5 Å². The molecule has 0 saturated heterocycles. The number of rotatable bonds is 4. The average Bonchev–Trinajstić information content (AvgIpc) is 2.59. The Morgan fingerprint density at radius 3 is 2.46 bits per heavy atom. The molecule has 5 nitrogen and oxygen atoms in total. The van der Waals surface area contributed by atoms with Crippen LogP contribution in [0.4, 0.5) is 5.69 Å². The van der Waals surface area contributed by atoms with E-state index < -0.39 is 0 Å². The van der Waals surface area contributed by atoms with Crippen LogP contribution in [0.2, 0.25) is 0 Å². The molecule has 0 bridgehead atoms. The predicted molar refractivity (Wildman–Crippen MR) is 93.7 cm³/mol. The van der Waals surface area contributed by atoms with Crippen molar-refractivity contribution in [3.63, 3.8) is 0 Å². The first-order chi connectivity index (χ1) is 11.6. The molecule has 1 amide bonds. The summed E-state index contributed by atoms with van der Waals surface area (Å²) < 4.78 is 1.29. The zero-order valence-electron chi connectivity index (χ0n) is 13.3. The first kappa shape index (κ1) is 15.7. The van der Waals surface area contributed by atoms with E-state index in [2.05, 4.69) is 10.3 Å². The van der Waals surface area contributed by atoms with Gasteiger partial charge < -0.3 is 5.32 Å². The van der Waals surface area contributed by atoms with Crippen LogP contribution < -0.4 is 10.9 Å². The molecular weight excluding hydrogens is 302 g/mol. The lowest BCUT2D eigenvalue weighted by atomic mass is 10.1.